The number of hydrogen-bond donors (Lipinski definition) is 2. The van der Waals surface area contributed by atoms with Crippen molar-refractivity contribution in [2.75, 3.05) is 19.6 Å². The Labute approximate surface area is 136 Å². The van der Waals surface area contributed by atoms with Crippen molar-refractivity contribution < 1.29 is 13.3 Å². The first-order valence-electron chi connectivity index (χ1n) is 7.61. The highest BCUT2D eigenvalue weighted by molar-refractivity contribution is 7.89. The Morgan fingerprint density at radius 3 is 2.48 bits per heavy atom. The maximum absolute atomic E-state index is 12.7. The van der Waals surface area contributed by atoms with Gasteiger partial charge in [-0.3, -0.25) is 10.1 Å². The number of nitrogens with zero attached hydrogens (tertiary/aromatic N) is 1. The lowest BCUT2D eigenvalue weighted by atomic mass is 9.81. The molecule has 1 aliphatic heterocycles. The highest BCUT2D eigenvalue weighted by atomic mass is 32.2. The number of nitro benzene ring substituents is 1. The lowest BCUT2D eigenvalue weighted by molar-refractivity contribution is -0.387. The van der Waals surface area contributed by atoms with Crippen LogP contribution in [0.2, 0.25) is 0 Å². The minimum absolute atomic E-state index is 0.134. The van der Waals surface area contributed by atoms with Gasteiger partial charge < -0.3 is 5.32 Å². The van der Waals surface area contributed by atoms with Gasteiger partial charge in [-0.25, -0.2) is 13.1 Å². The molecule has 2 N–H and O–H groups in total. The Balaban J connectivity index is 2.32. The number of sulfonamides is 1. The van der Waals surface area contributed by atoms with Crippen LogP contribution in [0.1, 0.15) is 30.9 Å². The average Bonchev–Trinajstić information content (AvgIpc) is 2.48. The van der Waals surface area contributed by atoms with Crippen LogP contribution in [0.3, 0.4) is 0 Å². The van der Waals surface area contributed by atoms with Crippen molar-refractivity contribution in [3.8, 4) is 0 Å². The van der Waals surface area contributed by atoms with Crippen LogP contribution in [0.4, 0.5) is 5.69 Å². The topological polar surface area (TPSA) is 101 Å². The largest absolute Gasteiger partial charge is 0.317 e. The van der Waals surface area contributed by atoms with Crippen LogP contribution in [-0.2, 0) is 10.0 Å². The summed E-state index contributed by atoms with van der Waals surface area (Å²) in [7, 11) is -3.94. The van der Waals surface area contributed by atoms with Crippen LogP contribution in [-0.4, -0.2) is 33.0 Å². The fraction of sp³-hybridized carbons (Fsp3) is 0.600. The molecule has 1 aromatic carbocycles. The average molecular weight is 341 g/mol. The molecule has 2 rings (SSSR count). The van der Waals surface area contributed by atoms with E-state index < -0.39 is 14.9 Å². The summed E-state index contributed by atoms with van der Waals surface area (Å²) >= 11 is 0. The zero-order valence-electron chi connectivity index (χ0n) is 13.7. The number of nitro groups is 1. The zero-order chi connectivity index (χ0) is 17.3. The highest BCUT2D eigenvalue weighted by Gasteiger charge is 2.32. The molecule has 1 aromatic rings. The van der Waals surface area contributed by atoms with E-state index in [0.717, 1.165) is 25.9 Å². The van der Waals surface area contributed by atoms with Gasteiger partial charge in [-0.15, -0.1) is 0 Å². The number of benzene rings is 1. The zero-order valence-corrected chi connectivity index (χ0v) is 14.5. The molecule has 0 unspecified atom stereocenters. The second-order valence-corrected chi connectivity index (χ2v) is 8.20. The monoisotopic (exact) mass is 341 g/mol. The van der Waals surface area contributed by atoms with Crippen molar-refractivity contribution in [3.05, 3.63) is 33.4 Å². The third-order valence-electron chi connectivity index (χ3n) is 4.62. The first-order valence-corrected chi connectivity index (χ1v) is 9.10. The summed E-state index contributed by atoms with van der Waals surface area (Å²) in [6, 6.07) is 2.82. The van der Waals surface area contributed by atoms with Crippen LogP contribution < -0.4 is 10.0 Å². The summed E-state index contributed by atoms with van der Waals surface area (Å²) in [5, 5.41) is 14.4. The van der Waals surface area contributed by atoms with E-state index in [9.17, 15) is 18.5 Å². The third-order valence-corrected chi connectivity index (χ3v) is 6.20. The lowest BCUT2D eigenvalue weighted by Gasteiger charge is -2.34. The van der Waals surface area contributed by atoms with E-state index in [1.54, 1.807) is 19.9 Å². The Morgan fingerprint density at radius 1 is 1.30 bits per heavy atom. The molecule has 0 atom stereocenters. The van der Waals surface area contributed by atoms with Crippen molar-refractivity contribution >= 4 is 15.7 Å². The Bertz CT molecular complexity index is 710. The molecule has 0 amide bonds. The van der Waals surface area contributed by atoms with Crippen LogP contribution in [0.25, 0.3) is 0 Å². The molecule has 7 nitrogen and oxygen atoms in total. The standard InChI is InChI=1S/C15H23N3O4S/c1-11-4-5-13(18(19)20)14(12(11)2)23(21,22)17-10-15(3)6-8-16-9-7-15/h4-5,16-17H,6-10H2,1-3H3. The van der Waals surface area contributed by atoms with Gasteiger partial charge >= 0.3 is 0 Å². The normalized spacial score (nSPS) is 17.9. The molecule has 1 heterocycles. The first-order chi connectivity index (χ1) is 10.7. The molecule has 0 bridgehead atoms. The second-order valence-electron chi connectivity index (χ2n) is 6.50. The highest BCUT2D eigenvalue weighted by Crippen LogP contribution is 2.31. The second kappa shape index (κ2) is 6.54. The summed E-state index contributed by atoms with van der Waals surface area (Å²) in [5.74, 6) is 0. The summed E-state index contributed by atoms with van der Waals surface area (Å²) in [6.45, 7) is 7.36. The predicted octanol–water partition coefficient (Wildman–Crippen LogP) is 1.88. The number of nitrogens with one attached hydrogen (secondary N) is 2. The molecule has 1 saturated heterocycles. The fourth-order valence-corrected chi connectivity index (χ4v) is 4.47. The quantitative estimate of drug-likeness (QED) is 0.629. The summed E-state index contributed by atoms with van der Waals surface area (Å²) in [5.41, 5.74) is 0.618. The summed E-state index contributed by atoms with van der Waals surface area (Å²) in [6.07, 6.45) is 1.73. The molecule has 0 aromatic heterocycles. The summed E-state index contributed by atoms with van der Waals surface area (Å²) < 4.78 is 28.0. The van der Waals surface area contributed by atoms with Gasteiger partial charge in [0.25, 0.3) is 5.69 Å². The first kappa shape index (κ1) is 17.8. The van der Waals surface area contributed by atoms with E-state index in [2.05, 4.69) is 10.0 Å². The van der Waals surface area contributed by atoms with Crippen molar-refractivity contribution in [1.82, 2.24) is 10.0 Å². The third kappa shape index (κ3) is 3.88. The fourth-order valence-electron chi connectivity index (χ4n) is 2.81. The van der Waals surface area contributed by atoms with E-state index in [-0.39, 0.29) is 22.5 Å². The van der Waals surface area contributed by atoms with Gasteiger partial charge in [-0.05, 0) is 56.3 Å². The van der Waals surface area contributed by atoms with Gasteiger partial charge in [0.15, 0.2) is 4.90 Å². The number of hydrogen-bond acceptors (Lipinski definition) is 5. The molecule has 0 aliphatic carbocycles. The molecule has 8 heteroatoms. The van der Waals surface area contributed by atoms with Gasteiger partial charge in [0.05, 0.1) is 4.92 Å². The molecule has 23 heavy (non-hydrogen) atoms. The van der Waals surface area contributed by atoms with Crippen molar-refractivity contribution in [2.24, 2.45) is 5.41 Å². The molecule has 0 spiro atoms. The lowest BCUT2D eigenvalue weighted by Crippen LogP contribution is -2.43. The molecular weight excluding hydrogens is 318 g/mol. The van der Waals surface area contributed by atoms with E-state index in [4.69, 9.17) is 0 Å². The van der Waals surface area contributed by atoms with Crippen molar-refractivity contribution in [1.29, 1.82) is 0 Å². The number of rotatable bonds is 5. The molecule has 1 aliphatic rings. The minimum atomic E-state index is -3.94. The van der Waals surface area contributed by atoms with E-state index in [0.29, 0.717) is 11.1 Å². The van der Waals surface area contributed by atoms with E-state index in [1.165, 1.54) is 6.07 Å². The van der Waals surface area contributed by atoms with E-state index >= 15 is 0 Å². The van der Waals surface area contributed by atoms with Crippen LogP contribution in [0, 0.1) is 29.4 Å². The molecule has 0 radical (unpaired) electrons. The van der Waals surface area contributed by atoms with Gasteiger partial charge in [0.2, 0.25) is 10.0 Å². The van der Waals surface area contributed by atoms with Gasteiger partial charge in [0, 0.05) is 12.6 Å². The predicted molar refractivity (Wildman–Crippen MR) is 88.0 cm³/mol. The maximum atomic E-state index is 12.7. The van der Waals surface area contributed by atoms with E-state index in [1.807, 2.05) is 6.92 Å². The maximum Gasteiger partial charge on any atom is 0.289 e. The minimum Gasteiger partial charge on any atom is -0.317 e. The number of piperidine rings is 1. The molecule has 1 fully saturated rings. The van der Waals surface area contributed by atoms with Crippen LogP contribution >= 0.6 is 0 Å². The smallest absolute Gasteiger partial charge is 0.289 e. The van der Waals surface area contributed by atoms with Gasteiger partial charge in [-0.2, -0.15) is 0 Å². The molecule has 0 saturated carbocycles. The van der Waals surface area contributed by atoms with Crippen molar-refractivity contribution in [3.63, 3.8) is 0 Å². The molecular formula is C15H23N3O4S. The Kier molecular flexibility index (Phi) is 5.07. The van der Waals surface area contributed by atoms with Crippen LogP contribution in [0.5, 0.6) is 0 Å². The van der Waals surface area contributed by atoms with Crippen LogP contribution in [0.15, 0.2) is 17.0 Å². The molecule has 128 valence electrons. The van der Waals surface area contributed by atoms with Crippen molar-refractivity contribution in [2.45, 2.75) is 38.5 Å². The number of aryl methyl sites for hydroxylation is 1. The van der Waals surface area contributed by atoms with Gasteiger partial charge in [-0.1, -0.05) is 13.0 Å². The summed E-state index contributed by atoms with van der Waals surface area (Å²) in [4.78, 5) is 10.3. The Morgan fingerprint density at radius 2 is 1.91 bits per heavy atom. The SMILES string of the molecule is Cc1ccc([N+](=O)[O-])c(S(=O)(=O)NCC2(C)CCNCC2)c1C. The Hall–Kier alpha value is -1.51. The van der Waals surface area contributed by atoms with Gasteiger partial charge in [0.1, 0.15) is 0 Å².